The zero-order valence-corrected chi connectivity index (χ0v) is 32.0. The van der Waals surface area contributed by atoms with Crippen LogP contribution < -0.4 is 0 Å². The van der Waals surface area contributed by atoms with Crippen molar-refractivity contribution in [3.8, 4) is 55.8 Å². The first-order chi connectivity index (χ1) is 28.7. The molecule has 3 aromatic heterocycles. The van der Waals surface area contributed by atoms with Gasteiger partial charge in [0.05, 0.1) is 0 Å². The minimum Gasteiger partial charge on any atom is -0.452 e. The predicted octanol–water partition coefficient (Wildman–Crippen LogP) is 15.4. The SMILES string of the molecule is c1cc(-c2ccc(-c3cccc4c3sc3ccccc34)cc2)cc(-c2ncnc3c2oc2ccc(-c4ccc5cc(-c6ccc7ccccc7c6)ccc5c4)cc23)c1. The van der Waals surface area contributed by atoms with Gasteiger partial charge in [0, 0.05) is 31.1 Å². The van der Waals surface area contributed by atoms with E-state index in [0.717, 1.165) is 50.0 Å². The van der Waals surface area contributed by atoms with Crippen LogP contribution in [0.2, 0.25) is 0 Å². The first kappa shape index (κ1) is 32.8. The average molecular weight is 757 g/mol. The van der Waals surface area contributed by atoms with Gasteiger partial charge in [0.25, 0.3) is 0 Å². The minimum absolute atomic E-state index is 0.693. The molecule has 3 heterocycles. The summed E-state index contributed by atoms with van der Waals surface area (Å²) in [4.78, 5) is 9.51. The molecule has 12 aromatic rings. The summed E-state index contributed by atoms with van der Waals surface area (Å²) in [7, 11) is 0. The lowest BCUT2D eigenvalue weighted by molar-refractivity contribution is 0.667. The number of benzene rings is 9. The van der Waals surface area contributed by atoms with E-state index in [-0.39, 0.29) is 0 Å². The fraction of sp³-hybridized carbons (Fsp3) is 0. The molecular weight excluding hydrogens is 725 g/mol. The quantitative estimate of drug-likeness (QED) is 0.176. The molecule has 0 saturated heterocycles. The first-order valence-electron chi connectivity index (χ1n) is 19.5. The predicted molar refractivity (Wildman–Crippen MR) is 244 cm³/mol. The molecule has 12 rings (SSSR count). The molecule has 270 valence electrons. The molecule has 0 radical (unpaired) electrons. The van der Waals surface area contributed by atoms with Crippen molar-refractivity contribution in [2.24, 2.45) is 0 Å². The van der Waals surface area contributed by atoms with E-state index in [2.05, 4.69) is 188 Å². The van der Waals surface area contributed by atoms with E-state index in [4.69, 9.17) is 14.4 Å². The summed E-state index contributed by atoms with van der Waals surface area (Å²) in [5, 5.41) is 8.53. The average Bonchev–Trinajstić information content (AvgIpc) is 3.87. The molecule has 0 saturated carbocycles. The summed E-state index contributed by atoms with van der Waals surface area (Å²) in [6.07, 6.45) is 1.65. The van der Waals surface area contributed by atoms with Crippen LogP contribution in [0.1, 0.15) is 0 Å². The maximum atomic E-state index is 6.52. The van der Waals surface area contributed by atoms with Crippen LogP contribution in [-0.2, 0) is 0 Å². The van der Waals surface area contributed by atoms with Gasteiger partial charge in [-0.2, -0.15) is 0 Å². The Morgan fingerprint density at radius 2 is 0.966 bits per heavy atom. The number of hydrogen-bond acceptors (Lipinski definition) is 4. The zero-order valence-electron chi connectivity index (χ0n) is 31.2. The molecule has 0 fully saturated rings. The molecule has 4 heteroatoms. The lowest BCUT2D eigenvalue weighted by Gasteiger charge is -2.08. The number of nitrogens with zero attached hydrogens (tertiary/aromatic N) is 2. The second-order valence-corrected chi connectivity index (χ2v) is 16.0. The molecule has 0 aliphatic rings. The Bertz CT molecular complexity index is 3580. The Hall–Kier alpha value is -7.40. The number of aromatic nitrogens is 2. The molecule has 0 bridgehead atoms. The van der Waals surface area contributed by atoms with Gasteiger partial charge in [-0.25, -0.2) is 9.97 Å². The molecule has 0 aliphatic heterocycles. The van der Waals surface area contributed by atoms with E-state index >= 15 is 0 Å². The van der Waals surface area contributed by atoms with Gasteiger partial charge < -0.3 is 4.42 Å². The number of fused-ring (bicyclic) bond motifs is 8. The maximum Gasteiger partial charge on any atom is 0.180 e. The van der Waals surface area contributed by atoms with E-state index in [1.807, 2.05) is 11.3 Å². The van der Waals surface area contributed by atoms with Gasteiger partial charge in [0.15, 0.2) is 5.58 Å². The molecule has 9 aromatic carbocycles. The lowest BCUT2D eigenvalue weighted by atomic mass is 9.96. The zero-order chi connectivity index (χ0) is 38.2. The van der Waals surface area contributed by atoms with E-state index in [1.54, 1.807) is 6.33 Å². The molecule has 0 aliphatic carbocycles. The third-order valence-corrected chi connectivity index (χ3v) is 12.8. The number of thiophene rings is 1. The smallest absolute Gasteiger partial charge is 0.180 e. The summed E-state index contributed by atoms with van der Waals surface area (Å²) in [6.45, 7) is 0. The Kier molecular flexibility index (Phi) is 7.40. The normalized spacial score (nSPS) is 11.8. The van der Waals surface area contributed by atoms with Crippen LogP contribution in [-0.4, -0.2) is 9.97 Å². The third-order valence-electron chi connectivity index (χ3n) is 11.6. The van der Waals surface area contributed by atoms with Crippen LogP contribution in [0.4, 0.5) is 0 Å². The standard InChI is InChI=1S/C54H32N2OS/c1-2-8-36-27-38(20-17-33(36)7-1)39-21-22-41-29-42(24-23-40(41)28-39)43-25-26-49-48(31-43)52-53(57-49)51(55-32-56-52)44-10-5-9-37(30-44)34-15-18-35(19-16-34)45-12-6-13-47-46-11-3-4-14-50(46)58-54(45)47/h1-32H. The van der Waals surface area contributed by atoms with Crippen molar-refractivity contribution >= 4 is 75.1 Å². The third kappa shape index (κ3) is 5.42. The van der Waals surface area contributed by atoms with Crippen molar-refractivity contribution in [3.05, 3.63) is 194 Å². The fourth-order valence-corrected chi connectivity index (χ4v) is 9.84. The summed E-state index contributed by atoms with van der Waals surface area (Å²) < 4.78 is 9.17. The van der Waals surface area contributed by atoms with E-state index < -0.39 is 0 Å². The summed E-state index contributed by atoms with van der Waals surface area (Å²) in [5.41, 5.74) is 13.5. The number of furan rings is 1. The van der Waals surface area contributed by atoms with Crippen LogP contribution in [0.25, 0.3) is 120 Å². The molecule has 0 unspecified atom stereocenters. The lowest BCUT2D eigenvalue weighted by Crippen LogP contribution is -1.88. The first-order valence-corrected chi connectivity index (χ1v) is 20.3. The van der Waals surface area contributed by atoms with Crippen LogP contribution in [0, 0.1) is 0 Å². The Morgan fingerprint density at radius 3 is 1.78 bits per heavy atom. The van der Waals surface area contributed by atoms with Crippen LogP contribution in [0.3, 0.4) is 0 Å². The summed E-state index contributed by atoms with van der Waals surface area (Å²) in [5.74, 6) is 0. The van der Waals surface area contributed by atoms with Crippen molar-refractivity contribution in [3.63, 3.8) is 0 Å². The van der Waals surface area contributed by atoms with Gasteiger partial charge in [-0.1, -0.05) is 146 Å². The monoisotopic (exact) mass is 756 g/mol. The summed E-state index contributed by atoms with van der Waals surface area (Å²) in [6, 6.07) is 67.8. The second kappa shape index (κ2) is 13.1. The van der Waals surface area contributed by atoms with Crippen molar-refractivity contribution in [2.45, 2.75) is 0 Å². The van der Waals surface area contributed by atoms with Gasteiger partial charge in [-0.15, -0.1) is 11.3 Å². The van der Waals surface area contributed by atoms with Crippen molar-refractivity contribution in [2.75, 3.05) is 0 Å². The highest BCUT2D eigenvalue weighted by molar-refractivity contribution is 7.26. The van der Waals surface area contributed by atoms with E-state index in [1.165, 1.54) is 64.0 Å². The molecular formula is C54H32N2OS. The molecule has 0 spiro atoms. The molecule has 58 heavy (non-hydrogen) atoms. The molecule has 3 nitrogen and oxygen atoms in total. The largest absolute Gasteiger partial charge is 0.452 e. The second-order valence-electron chi connectivity index (χ2n) is 15.0. The van der Waals surface area contributed by atoms with Crippen molar-refractivity contribution < 1.29 is 4.42 Å². The highest BCUT2D eigenvalue weighted by atomic mass is 32.1. The Labute approximate surface area is 338 Å². The maximum absolute atomic E-state index is 6.52. The van der Waals surface area contributed by atoms with Gasteiger partial charge in [-0.05, 0) is 109 Å². The fourth-order valence-electron chi connectivity index (χ4n) is 8.60. The van der Waals surface area contributed by atoms with Crippen LogP contribution >= 0.6 is 11.3 Å². The molecule has 0 atom stereocenters. The van der Waals surface area contributed by atoms with Gasteiger partial charge in [0.1, 0.15) is 23.1 Å². The molecule has 0 N–H and O–H groups in total. The highest BCUT2D eigenvalue weighted by Gasteiger charge is 2.17. The topological polar surface area (TPSA) is 38.9 Å². The van der Waals surface area contributed by atoms with Crippen molar-refractivity contribution in [1.29, 1.82) is 0 Å². The van der Waals surface area contributed by atoms with Gasteiger partial charge >= 0.3 is 0 Å². The van der Waals surface area contributed by atoms with Crippen LogP contribution in [0.15, 0.2) is 199 Å². The Morgan fingerprint density at radius 1 is 0.379 bits per heavy atom. The number of rotatable bonds is 5. The molecule has 0 amide bonds. The van der Waals surface area contributed by atoms with E-state index in [9.17, 15) is 0 Å². The highest BCUT2D eigenvalue weighted by Crippen LogP contribution is 2.41. The minimum atomic E-state index is 0.693. The summed E-state index contributed by atoms with van der Waals surface area (Å²) >= 11 is 1.86. The van der Waals surface area contributed by atoms with Gasteiger partial charge in [-0.3, -0.25) is 0 Å². The van der Waals surface area contributed by atoms with Crippen LogP contribution in [0.5, 0.6) is 0 Å². The van der Waals surface area contributed by atoms with Crippen molar-refractivity contribution in [1.82, 2.24) is 9.97 Å². The number of hydrogen-bond donors (Lipinski definition) is 0. The van der Waals surface area contributed by atoms with E-state index in [0.29, 0.717) is 5.58 Å². The van der Waals surface area contributed by atoms with Gasteiger partial charge in [0.2, 0.25) is 0 Å². The Balaban J connectivity index is 0.857.